The van der Waals surface area contributed by atoms with Gasteiger partial charge in [-0.2, -0.15) is 12.6 Å². The smallest absolute Gasteiger partial charge is 0.304 e. The largest absolute Gasteiger partial charge is 0.481 e. The summed E-state index contributed by atoms with van der Waals surface area (Å²) in [5.41, 5.74) is 0.823. The van der Waals surface area contributed by atoms with Gasteiger partial charge in [0.05, 0.1) is 6.42 Å². The van der Waals surface area contributed by atoms with E-state index in [1.165, 1.54) is 0 Å². The Balaban J connectivity index is 4.39. The minimum atomic E-state index is -0.853. The van der Waals surface area contributed by atoms with Crippen LogP contribution in [0.1, 0.15) is 13.3 Å². The summed E-state index contributed by atoms with van der Waals surface area (Å²) in [7, 11) is 0. The molecule has 0 rings (SSSR count). The quantitative estimate of drug-likeness (QED) is 0.526. The van der Waals surface area contributed by atoms with Gasteiger partial charge in [-0.1, -0.05) is 30.9 Å². The van der Waals surface area contributed by atoms with Gasteiger partial charge in [-0.3, -0.25) is 4.79 Å². The molecule has 0 radical (unpaired) electrons. The van der Waals surface area contributed by atoms with E-state index in [1.807, 2.05) is 25.2 Å². The molecule has 13 heavy (non-hydrogen) atoms. The minimum absolute atomic E-state index is 0.0124. The van der Waals surface area contributed by atoms with Crippen molar-refractivity contribution in [1.29, 1.82) is 0 Å². The molecule has 72 valence electrons. The third-order valence-electron chi connectivity index (χ3n) is 1.47. The summed E-state index contributed by atoms with van der Waals surface area (Å²) in [5.74, 6) is -0.853. The monoisotopic (exact) mass is 198 g/mol. The van der Waals surface area contributed by atoms with Gasteiger partial charge in [0.25, 0.3) is 0 Å². The first-order valence-electron chi connectivity index (χ1n) is 3.97. The zero-order valence-electron chi connectivity index (χ0n) is 7.60. The van der Waals surface area contributed by atoms with Gasteiger partial charge < -0.3 is 5.11 Å². The van der Waals surface area contributed by atoms with Gasteiger partial charge in [0.15, 0.2) is 0 Å². The fourth-order valence-corrected chi connectivity index (χ4v) is 1.15. The fourth-order valence-electron chi connectivity index (χ4n) is 0.806. The zero-order chi connectivity index (χ0) is 10.3. The molecule has 1 atom stereocenters. The summed E-state index contributed by atoms with van der Waals surface area (Å²) in [6.07, 6.45) is 7.15. The number of aliphatic carboxylic acids is 1. The Morgan fingerprint density at radius 3 is 2.69 bits per heavy atom. The molecule has 0 spiro atoms. The molecular formula is C10H14O2S. The number of hydrogen-bond donors (Lipinski definition) is 2. The van der Waals surface area contributed by atoms with Gasteiger partial charge in [0.1, 0.15) is 0 Å². The van der Waals surface area contributed by atoms with E-state index in [9.17, 15) is 4.79 Å². The van der Waals surface area contributed by atoms with Gasteiger partial charge in [-0.25, -0.2) is 0 Å². The van der Waals surface area contributed by atoms with Crippen molar-refractivity contribution < 1.29 is 9.90 Å². The lowest BCUT2D eigenvalue weighted by atomic mass is 10.1. The first-order chi connectivity index (χ1) is 6.11. The van der Waals surface area contributed by atoms with E-state index < -0.39 is 5.97 Å². The van der Waals surface area contributed by atoms with Gasteiger partial charge >= 0.3 is 5.97 Å². The molecule has 0 aliphatic carbocycles. The highest BCUT2D eigenvalue weighted by atomic mass is 32.1. The predicted molar refractivity (Wildman–Crippen MR) is 58.1 cm³/mol. The van der Waals surface area contributed by atoms with Crippen LogP contribution < -0.4 is 0 Å². The van der Waals surface area contributed by atoms with Crippen molar-refractivity contribution in [3.8, 4) is 0 Å². The van der Waals surface area contributed by atoms with Gasteiger partial charge in [-0.05, 0) is 12.5 Å². The van der Waals surface area contributed by atoms with Crippen LogP contribution in [0.2, 0.25) is 0 Å². The summed E-state index contributed by atoms with van der Waals surface area (Å²) < 4.78 is 0. The van der Waals surface area contributed by atoms with E-state index >= 15 is 0 Å². The van der Waals surface area contributed by atoms with Crippen LogP contribution in [0, 0.1) is 0 Å². The molecule has 0 fully saturated rings. The molecule has 0 aliphatic rings. The minimum Gasteiger partial charge on any atom is -0.481 e. The number of thiol groups is 1. The number of carboxylic acids is 1. The Morgan fingerprint density at radius 2 is 2.31 bits per heavy atom. The third kappa shape index (κ3) is 5.31. The molecule has 0 aliphatic heterocycles. The van der Waals surface area contributed by atoms with Crippen molar-refractivity contribution in [3.63, 3.8) is 0 Å². The molecule has 1 N–H and O–H groups in total. The Labute approximate surface area is 84.1 Å². The second kappa shape index (κ2) is 6.54. The van der Waals surface area contributed by atoms with E-state index in [0.717, 1.165) is 5.57 Å². The van der Waals surface area contributed by atoms with Crippen LogP contribution in [0.15, 0.2) is 36.5 Å². The summed E-state index contributed by atoms with van der Waals surface area (Å²) in [6, 6.07) is 0. The number of carbonyl (C=O) groups is 1. The second-order valence-electron chi connectivity index (χ2n) is 2.51. The molecule has 0 amide bonds. The maximum Gasteiger partial charge on any atom is 0.304 e. The summed E-state index contributed by atoms with van der Waals surface area (Å²) in [6.45, 7) is 5.49. The maximum atomic E-state index is 10.4. The van der Waals surface area contributed by atoms with E-state index in [0.29, 0.717) is 0 Å². The standard InChI is InChI=1S/C10H14O2S/c1-3-5-6-8(4-2)9(13)7-10(11)12/h3-6,9,13H,2,7H2,1H3,(H,11,12)/b5-3-,8-6+. The molecule has 2 nitrogen and oxygen atoms in total. The highest BCUT2D eigenvalue weighted by molar-refractivity contribution is 7.81. The van der Waals surface area contributed by atoms with Crippen LogP contribution in [-0.2, 0) is 4.79 Å². The molecule has 0 saturated carbocycles. The SMILES string of the molecule is C=C/C(=C\C=C/C)C(S)CC(=O)O. The normalized spacial score (nSPS) is 14.5. The van der Waals surface area contributed by atoms with Crippen LogP contribution in [0.25, 0.3) is 0 Å². The van der Waals surface area contributed by atoms with Crippen LogP contribution >= 0.6 is 12.6 Å². The van der Waals surface area contributed by atoms with Crippen molar-refractivity contribution in [1.82, 2.24) is 0 Å². The van der Waals surface area contributed by atoms with E-state index in [4.69, 9.17) is 5.11 Å². The van der Waals surface area contributed by atoms with Crippen LogP contribution in [-0.4, -0.2) is 16.3 Å². The first-order valence-corrected chi connectivity index (χ1v) is 4.48. The van der Waals surface area contributed by atoms with E-state index in [2.05, 4.69) is 19.2 Å². The summed E-state index contributed by atoms with van der Waals surface area (Å²) in [5, 5.41) is 8.24. The summed E-state index contributed by atoms with van der Waals surface area (Å²) >= 11 is 4.16. The zero-order valence-corrected chi connectivity index (χ0v) is 8.50. The van der Waals surface area contributed by atoms with Crippen LogP contribution in [0.5, 0.6) is 0 Å². The predicted octanol–water partition coefficient (Wildman–Crippen LogP) is 2.45. The summed E-state index contributed by atoms with van der Waals surface area (Å²) in [4.78, 5) is 10.4. The topological polar surface area (TPSA) is 37.3 Å². The Morgan fingerprint density at radius 1 is 1.69 bits per heavy atom. The highest BCUT2D eigenvalue weighted by Gasteiger charge is 2.10. The van der Waals surface area contributed by atoms with Crippen molar-refractivity contribution in [2.45, 2.75) is 18.6 Å². The average molecular weight is 198 g/mol. The van der Waals surface area contributed by atoms with E-state index in [-0.39, 0.29) is 11.7 Å². The second-order valence-corrected chi connectivity index (χ2v) is 3.13. The molecular weight excluding hydrogens is 184 g/mol. The molecule has 0 aromatic heterocycles. The lowest BCUT2D eigenvalue weighted by molar-refractivity contribution is -0.136. The van der Waals surface area contributed by atoms with Crippen molar-refractivity contribution in [2.75, 3.05) is 0 Å². The fraction of sp³-hybridized carbons (Fsp3) is 0.300. The van der Waals surface area contributed by atoms with E-state index in [1.54, 1.807) is 6.08 Å². The highest BCUT2D eigenvalue weighted by Crippen LogP contribution is 2.14. The van der Waals surface area contributed by atoms with Crippen LogP contribution in [0.3, 0.4) is 0 Å². The van der Waals surface area contributed by atoms with Crippen molar-refractivity contribution in [3.05, 3.63) is 36.5 Å². The van der Waals surface area contributed by atoms with Crippen molar-refractivity contribution >= 4 is 18.6 Å². The van der Waals surface area contributed by atoms with Crippen molar-refractivity contribution in [2.24, 2.45) is 0 Å². The number of rotatable bonds is 5. The number of hydrogen-bond acceptors (Lipinski definition) is 2. The van der Waals surface area contributed by atoms with Crippen LogP contribution in [0.4, 0.5) is 0 Å². The van der Waals surface area contributed by atoms with Gasteiger partial charge in [0.2, 0.25) is 0 Å². The molecule has 0 bridgehead atoms. The molecule has 0 saturated heterocycles. The Kier molecular flexibility index (Phi) is 6.06. The van der Waals surface area contributed by atoms with Gasteiger partial charge in [0, 0.05) is 5.25 Å². The lowest BCUT2D eigenvalue weighted by Crippen LogP contribution is -2.08. The number of allylic oxidation sites excluding steroid dienone is 4. The average Bonchev–Trinajstić information content (AvgIpc) is 2.04. The lowest BCUT2D eigenvalue weighted by Gasteiger charge is -2.07. The third-order valence-corrected chi connectivity index (χ3v) is 1.95. The Hall–Kier alpha value is -0.960. The molecule has 3 heteroatoms. The molecule has 0 heterocycles. The molecule has 0 aromatic rings. The maximum absolute atomic E-state index is 10.4. The Bertz CT molecular complexity index is 241. The first kappa shape index (κ1) is 12.0. The molecule has 0 aromatic carbocycles. The molecule has 1 unspecified atom stereocenters. The van der Waals surface area contributed by atoms with Gasteiger partial charge in [-0.15, -0.1) is 0 Å². The number of carboxylic acid groups (broad SMARTS) is 1.